The van der Waals surface area contributed by atoms with E-state index in [4.69, 9.17) is 4.74 Å². The van der Waals surface area contributed by atoms with Crippen LogP contribution < -0.4 is 21.2 Å². The van der Waals surface area contributed by atoms with E-state index in [1.165, 1.54) is 23.9 Å². The maximum Gasteiger partial charge on any atom is 0.321 e. The number of nitrogens with one attached hydrogen (secondary N) is 1. The minimum absolute atomic E-state index is 0.127. The molecule has 0 bridgehead atoms. The van der Waals surface area contributed by atoms with E-state index < -0.39 is 17.0 Å². The van der Waals surface area contributed by atoms with Crippen molar-refractivity contribution in [2.75, 3.05) is 11.9 Å². The van der Waals surface area contributed by atoms with Gasteiger partial charge in [-0.2, -0.15) is 0 Å². The van der Waals surface area contributed by atoms with Gasteiger partial charge >= 0.3 is 11.1 Å². The maximum absolute atomic E-state index is 12.6. The van der Waals surface area contributed by atoms with Crippen LogP contribution in [-0.2, 0) is 11.3 Å². The third-order valence-electron chi connectivity index (χ3n) is 4.35. The number of benzene rings is 2. The molecule has 1 heterocycles. The number of ether oxygens (including phenoxy) is 1. The Balaban J connectivity index is 1.84. The van der Waals surface area contributed by atoms with Crippen molar-refractivity contribution in [1.29, 1.82) is 0 Å². The highest BCUT2D eigenvalue weighted by Crippen LogP contribution is 2.20. The van der Waals surface area contributed by atoms with E-state index in [1.807, 2.05) is 6.92 Å². The van der Waals surface area contributed by atoms with E-state index in [2.05, 4.69) is 5.32 Å². The van der Waals surface area contributed by atoms with Crippen molar-refractivity contribution in [2.24, 2.45) is 0 Å². The lowest BCUT2D eigenvalue weighted by molar-refractivity contribution is -0.116. The molecule has 1 N–H and O–H groups in total. The molecule has 0 atom stereocenters. The van der Waals surface area contributed by atoms with Gasteiger partial charge in [0.05, 0.1) is 12.3 Å². The zero-order chi connectivity index (χ0) is 21.7. The molecule has 3 rings (SSSR count). The number of rotatable bonds is 7. The molecular formula is C22H21N3O5. The first-order chi connectivity index (χ1) is 14.4. The number of Topliss-reactive ketones (excluding diaryl/α,β-unsaturated/α-hetero) is 1. The van der Waals surface area contributed by atoms with E-state index in [-0.39, 0.29) is 12.3 Å². The Labute approximate surface area is 172 Å². The van der Waals surface area contributed by atoms with Crippen LogP contribution in [0.1, 0.15) is 24.2 Å². The molecule has 2 aromatic carbocycles. The lowest BCUT2D eigenvalue weighted by Gasteiger charge is -2.13. The lowest BCUT2D eigenvalue weighted by Crippen LogP contribution is -2.41. The van der Waals surface area contributed by atoms with Gasteiger partial charge in [0, 0.05) is 23.6 Å². The normalized spacial score (nSPS) is 10.5. The zero-order valence-electron chi connectivity index (χ0n) is 16.6. The molecule has 1 amide bonds. The lowest BCUT2D eigenvalue weighted by atomic mass is 10.1. The number of carbonyl (C=O) groups is 2. The summed E-state index contributed by atoms with van der Waals surface area (Å²) in [5.74, 6) is -0.148. The Kier molecular flexibility index (Phi) is 6.26. The summed E-state index contributed by atoms with van der Waals surface area (Å²) >= 11 is 0. The van der Waals surface area contributed by atoms with Gasteiger partial charge in [-0.1, -0.05) is 24.3 Å². The van der Waals surface area contributed by atoms with Gasteiger partial charge in [-0.05, 0) is 38.1 Å². The summed E-state index contributed by atoms with van der Waals surface area (Å²) in [5.41, 5.74) is -0.299. The fourth-order valence-corrected chi connectivity index (χ4v) is 2.93. The number of hydrogen-bond donors (Lipinski definition) is 1. The van der Waals surface area contributed by atoms with Crippen molar-refractivity contribution in [3.8, 4) is 11.4 Å². The molecule has 3 aromatic rings. The van der Waals surface area contributed by atoms with Gasteiger partial charge in [0.2, 0.25) is 5.91 Å². The zero-order valence-corrected chi connectivity index (χ0v) is 16.6. The second-order valence-electron chi connectivity index (χ2n) is 6.49. The molecule has 8 heteroatoms. The number of hydrogen-bond acceptors (Lipinski definition) is 5. The van der Waals surface area contributed by atoms with Gasteiger partial charge < -0.3 is 10.1 Å². The van der Waals surface area contributed by atoms with E-state index in [1.54, 1.807) is 48.5 Å². The Bertz CT molecular complexity index is 1210. The van der Waals surface area contributed by atoms with Crippen molar-refractivity contribution in [3.05, 3.63) is 87.2 Å². The van der Waals surface area contributed by atoms with Crippen molar-refractivity contribution < 1.29 is 14.3 Å². The van der Waals surface area contributed by atoms with Crippen LogP contribution in [0.2, 0.25) is 0 Å². The highest BCUT2D eigenvalue weighted by Gasteiger charge is 2.13. The molecule has 0 unspecified atom stereocenters. The molecule has 0 fully saturated rings. The second-order valence-corrected chi connectivity index (χ2v) is 6.49. The standard InChI is InChI=1S/C22H21N3O5/c1-3-30-19-10-5-4-9-18(19)25-12-11-24(21(28)22(25)29)14-20(27)23-17-8-6-7-16(13-17)15(2)26/h4-13H,3,14H2,1-2H3,(H,23,27). The molecule has 154 valence electrons. The molecule has 0 saturated heterocycles. The molecule has 1 aromatic heterocycles. The third-order valence-corrected chi connectivity index (χ3v) is 4.35. The van der Waals surface area contributed by atoms with Crippen LogP contribution in [0.25, 0.3) is 5.69 Å². The van der Waals surface area contributed by atoms with Gasteiger partial charge in [-0.25, -0.2) is 0 Å². The number of ketones is 1. The van der Waals surface area contributed by atoms with Crippen LogP contribution >= 0.6 is 0 Å². The summed E-state index contributed by atoms with van der Waals surface area (Å²) in [6.45, 7) is 3.32. The minimum Gasteiger partial charge on any atom is -0.492 e. The van der Waals surface area contributed by atoms with Gasteiger partial charge in [-0.3, -0.25) is 28.3 Å². The SMILES string of the molecule is CCOc1ccccc1-n1ccn(CC(=O)Nc2cccc(C(C)=O)c2)c(=O)c1=O. The molecule has 0 spiro atoms. The number of nitrogens with zero attached hydrogens (tertiary/aromatic N) is 2. The molecule has 0 aliphatic heterocycles. The number of anilines is 1. The third kappa shape index (κ3) is 4.54. The molecule has 8 nitrogen and oxygen atoms in total. The van der Waals surface area contributed by atoms with Gasteiger partial charge in [0.25, 0.3) is 0 Å². The van der Waals surface area contributed by atoms with E-state index in [9.17, 15) is 19.2 Å². The molecule has 0 aliphatic carbocycles. The summed E-state index contributed by atoms with van der Waals surface area (Å²) in [7, 11) is 0. The first-order valence-corrected chi connectivity index (χ1v) is 9.36. The van der Waals surface area contributed by atoms with Crippen LogP contribution in [-0.4, -0.2) is 27.4 Å². The van der Waals surface area contributed by atoms with E-state index in [0.717, 1.165) is 4.57 Å². The van der Waals surface area contributed by atoms with Gasteiger partial charge in [0.15, 0.2) is 5.78 Å². The van der Waals surface area contributed by atoms with Crippen LogP contribution in [0, 0.1) is 0 Å². The van der Waals surface area contributed by atoms with Gasteiger partial charge in [0.1, 0.15) is 12.3 Å². The fraction of sp³-hybridized carbons (Fsp3) is 0.182. The van der Waals surface area contributed by atoms with Crippen molar-refractivity contribution in [1.82, 2.24) is 9.13 Å². The summed E-state index contributed by atoms with van der Waals surface area (Å²) in [6.07, 6.45) is 2.79. The van der Waals surface area contributed by atoms with Crippen molar-refractivity contribution >= 4 is 17.4 Å². The van der Waals surface area contributed by atoms with Crippen LogP contribution in [0.15, 0.2) is 70.5 Å². The molecule has 30 heavy (non-hydrogen) atoms. The fourth-order valence-electron chi connectivity index (χ4n) is 2.93. The van der Waals surface area contributed by atoms with Crippen LogP contribution in [0.5, 0.6) is 5.75 Å². The highest BCUT2D eigenvalue weighted by molar-refractivity contribution is 5.97. The smallest absolute Gasteiger partial charge is 0.321 e. The Morgan fingerprint density at radius 3 is 2.50 bits per heavy atom. The Hall–Kier alpha value is -3.94. The predicted octanol–water partition coefficient (Wildman–Crippen LogP) is 2.24. The first-order valence-electron chi connectivity index (χ1n) is 9.36. The molecule has 0 radical (unpaired) electrons. The summed E-state index contributed by atoms with van der Waals surface area (Å²) < 4.78 is 7.74. The Morgan fingerprint density at radius 2 is 1.77 bits per heavy atom. The van der Waals surface area contributed by atoms with E-state index >= 15 is 0 Å². The van der Waals surface area contributed by atoms with Crippen molar-refractivity contribution in [2.45, 2.75) is 20.4 Å². The summed E-state index contributed by atoms with van der Waals surface area (Å²) in [4.78, 5) is 48.9. The quantitative estimate of drug-likeness (QED) is 0.478. The van der Waals surface area contributed by atoms with Crippen molar-refractivity contribution in [3.63, 3.8) is 0 Å². The highest BCUT2D eigenvalue weighted by atomic mass is 16.5. The van der Waals surface area contributed by atoms with Gasteiger partial charge in [-0.15, -0.1) is 0 Å². The molecule has 0 saturated carbocycles. The van der Waals surface area contributed by atoms with Crippen LogP contribution in [0.3, 0.4) is 0 Å². The summed E-state index contributed by atoms with van der Waals surface area (Å²) in [6, 6.07) is 13.4. The number of carbonyl (C=O) groups excluding carboxylic acids is 2. The molecule has 0 aliphatic rings. The second kappa shape index (κ2) is 9.04. The monoisotopic (exact) mass is 407 g/mol. The number of amides is 1. The minimum atomic E-state index is -0.837. The average Bonchev–Trinajstić information content (AvgIpc) is 2.73. The number of para-hydroxylation sites is 2. The van der Waals surface area contributed by atoms with Crippen LogP contribution in [0.4, 0.5) is 5.69 Å². The first kappa shape index (κ1) is 20.8. The predicted molar refractivity (Wildman–Crippen MR) is 113 cm³/mol. The maximum atomic E-state index is 12.6. The largest absolute Gasteiger partial charge is 0.492 e. The molecular weight excluding hydrogens is 386 g/mol. The summed E-state index contributed by atoms with van der Waals surface area (Å²) in [5, 5.41) is 2.62. The van der Waals surface area contributed by atoms with E-state index in [0.29, 0.717) is 29.3 Å². The Morgan fingerprint density at radius 1 is 1.00 bits per heavy atom. The average molecular weight is 407 g/mol. The number of aromatic nitrogens is 2. The topological polar surface area (TPSA) is 99.4 Å².